The Kier molecular flexibility index (Phi) is 10.2. The Morgan fingerprint density at radius 1 is 1.10 bits per heavy atom. The van der Waals surface area contributed by atoms with Crippen LogP contribution in [0.2, 0.25) is 10.0 Å². The summed E-state index contributed by atoms with van der Waals surface area (Å²) in [6, 6.07) is 14.3. The van der Waals surface area contributed by atoms with E-state index in [2.05, 4.69) is 11.2 Å². The molecule has 1 N–H and O–H groups in total. The first-order valence-electron chi connectivity index (χ1n) is 9.20. The van der Waals surface area contributed by atoms with Gasteiger partial charge in [-0.05, 0) is 58.0 Å². The highest BCUT2D eigenvalue weighted by Gasteiger charge is 2.19. The summed E-state index contributed by atoms with van der Waals surface area (Å²) < 4.78 is 0. The molecule has 2 amide bonds. The minimum absolute atomic E-state index is 0.0209. The standard InChI is InChI=1S/C12H11Cl2NO.C11H14ClNO/c1-4-12(2,3)15-11(16)8-5-9(13)7-10(14)6-8;1-9(2)13(11(14)8-12)10-6-4-3-5-7-10/h1,5-7H,2-3H3,(H,15,16);3-7,9H,8H2,1-2H3. The van der Waals surface area contributed by atoms with Crippen molar-refractivity contribution in [3.63, 3.8) is 0 Å². The summed E-state index contributed by atoms with van der Waals surface area (Å²) in [6.45, 7) is 7.41. The second-order valence-corrected chi connectivity index (χ2v) is 8.35. The second-order valence-electron chi connectivity index (χ2n) is 7.21. The Hall–Kier alpha value is -2.19. The molecule has 2 rings (SSSR count). The van der Waals surface area contributed by atoms with Crippen molar-refractivity contribution in [2.24, 2.45) is 0 Å². The third kappa shape index (κ3) is 8.28. The number of terminal acetylenes is 1. The van der Waals surface area contributed by atoms with Crippen molar-refractivity contribution in [3.05, 3.63) is 64.1 Å². The SMILES string of the molecule is C#CC(C)(C)NC(=O)c1cc(Cl)cc(Cl)c1.CC(C)N(C(=O)CCl)c1ccccc1. The van der Waals surface area contributed by atoms with E-state index in [1.165, 1.54) is 12.1 Å². The molecule has 0 saturated carbocycles. The lowest BCUT2D eigenvalue weighted by Crippen LogP contribution is -2.42. The van der Waals surface area contributed by atoms with Gasteiger partial charge in [0, 0.05) is 27.3 Å². The Morgan fingerprint density at radius 2 is 1.63 bits per heavy atom. The molecule has 2 aromatic rings. The lowest BCUT2D eigenvalue weighted by molar-refractivity contribution is -0.116. The minimum Gasteiger partial charge on any atom is -0.336 e. The summed E-state index contributed by atoms with van der Waals surface area (Å²) in [5, 5.41) is 3.51. The van der Waals surface area contributed by atoms with Crippen molar-refractivity contribution in [1.82, 2.24) is 5.32 Å². The van der Waals surface area contributed by atoms with Crippen molar-refractivity contribution in [2.75, 3.05) is 10.8 Å². The van der Waals surface area contributed by atoms with E-state index in [9.17, 15) is 9.59 Å². The summed E-state index contributed by atoms with van der Waals surface area (Å²) in [7, 11) is 0. The minimum atomic E-state index is -0.703. The first-order valence-corrected chi connectivity index (χ1v) is 10.5. The molecular formula is C23H25Cl3N2O2. The predicted octanol–water partition coefficient (Wildman–Crippen LogP) is 5.80. The van der Waals surface area contributed by atoms with E-state index in [4.69, 9.17) is 41.2 Å². The molecule has 30 heavy (non-hydrogen) atoms. The Bertz CT molecular complexity index is 886. The van der Waals surface area contributed by atoms with Crippen LogP contribution in [-0.4, -0.2) is 29.3 Å². The number of nitrogens with one attached hydrogen (secondary N) is 1. The molecule has 7 heteroatoms. The maximum atomic E-state index is 11.8. The number of hydrogen-bond donors (Lipinski definition) is 1. The van der Waals surface area contributed by atoms with Crippen LogP contribution in [0, 0.1) is 12.3 Å². The van der Waals surface area contributed by atoms with Gasteiger partial charge in [-0.3, -0.25) is 9.59 Å². The van der Waals surface area contributed by atoms with Crippen LogP contribution in [0.5, 0.6) is 0 Å². The Labute approximate surface area is 193 Å². The largest absolute Gasteiger partial charge is 0.336 e. The van der Waals surface area contributed by atoms with Crippen LogP contribution in [0.15, 0.2) is 48.5 Å². The average molecular weight is 468 g/mol. The topological polar surface area (TPSA) is 49.4 Å². The normalized spacial score (nSPS) is 10.5. The highest BCUT2D eigenvalue weighted by molar-refractivity contribution is 6.35. The molecule has 4 nitrogen and oxygen atoms in total. The molecule has 0 atom stereocenters. The van der Waals surface area contributed by atoms with Crippen LogP contribution < -0.4 is 10.2 Å². The molecule has 0 unspecified atom stereocenters. The number of rotatable bonds is 5. The van der Waals surface area contributed by atoms with Crippen molar-refractivity contribution in [1.29, 1.82) is 0 Å². The van der Waals surface area contributed by atoms with Gasteiger partial charge in [0.05, 0.1) is 5.54 Å². The van der Waals surface area contributed by atoms with Gasteiger partial charge in [0.15, 0.2) is 0 Å². The third-order valence-electron chi connectivity index (χ3n) is 3.85. The summed E-state index contributed by atoms with van der Waals surface area (Å²) in [5.74, 6) is 2.13. The second kappa shape index (κ2) is 11.9. The number of anilines is 1. The molecule has 0 heterocycles. The molecule has 0 aliphatic carbocycles. The van der Waals surface area contributed by atoms with E-state index in [1.54, 1.807) is 24.8 Å². The third-order valence-corrected chi connectivity index (χ3v) is 4.51. The lowest BCUT2D eigenvalue weighted by Gasteiger charge is -2.25. The van der Waals surface area contributed by atoms with Gasteiger partial charge in [-0.2, -0.15) is 0 Å². The van der Waals surface area contributed by atoms with E-state index >= 15 is 0 Å². The summed E-state index contributed by atoms with van der Waals surface area (Å²) in [4.78, 5) is 25.0. The number of nitrogens with zero attached hydrogens (tertiary/aromatic N) is 1. The van der Waals surface area contributed by atoms with Crippen LogP contribution in [0.25, 0.3) is 0 Å². The maximum Gasteiger partial charge on any atom is 0.252 e. The first kappa shape index (κ1) is 25.8. The highest BCUT2D eigenvalue weighted by Crippen LogP contribution is 2.19. The van der Waals surface area contributed by atoms with Crippen LogP contribution in [0.3, 0.4) is 0 Å². The first-order chi connectivity index (χ1) is 14.0. The monoisotopic (exact) mass is 466 g/mol. The van der Waals surface area contributed by atoms with Crippen LogP contribution in [0.4, 0.5) is 5.69 Å². The van der Waals surface area contributed by atoms with Crippen molar-refractivity contribution in [2.45, 2.75) is 39.3 Å². The van der Waals surface area contributed by atoms with Gasteiger partial charge in [-0.1, -0.05) is 47.3 Å². The van der Waals surface area contributed by atoms with Crippen LogP contribution in [-0.2, 0) is 4.79 Å². The van der Waals surface area contributed by atoms with Gasteiger partial charge < -0.3 is 10.2 Å². The van der Waals surface area contributed by atoms with Gasteiger partial charge in [-0.15, -0.1) is 18.0 Å². The quantitative estimate of drug-likeness (QED) is 0.446. The zero-order valence-corrected chi connectivity index (χ0v) is 19.6. The number of carbonyl (C=O) groups excluding carboxylic acids is 2. The fourth-order valence-electron chi connectivity index (χ4n) is 2.46. The van der Waals surface area contributed by atoms with E-state index in [0.29, 0.717) is 15.6 Å². The molecule has 0 radical (unpaired) electrons. The highest BCUT2D eigenvalue weighted by atomic mass is 35.5. The number of benzene rings is 2. The van der Waals surface area contributed by atoms with E-state index < -0.39 is 5.54 Å². The Morgan fingerprint density at radius 3 is 2.07 bits per heavy atom. The van der Waals surface area contributed by atoms with E-state index in [0.717, 1.165) is 5.69 Å². The van der Waals surface area contributed by atoms with Crippen molar-refractivity contribution < 1.29 is 9.59 Å². The van der Waals surface area contributed by atoms with Gasteiger partial charge in [-0.25, -0.2) is 0 Å². The molecule has 2 aromatic carbocycles. The predicted molar refractivity (Wildman–Crippen MR) is 127 cm³/mol. The number of alkyl halides is 1. The fraction of sp³-hybridized carbons (Fsp3) is 0.304. The van der Waals surface area contributed by atoms with Gasteiger partial charge in [0.25, 0.3) is 5.91 Å². The number of para-hydroxylation sites is 1. The molecule has 0 aromatic heterocycles. The van der Waals surface area contributed by atoms with Crippen molar-refractivity contribution >= 4 is 52.3 Å². The van der Waals surface area contributed by atoms with Crippen LogP contribution in [0.1, 0.15) is 38.1 Å². The fourth-order valence-corrected chi connectivity index (χ4v) is 3.11. The summed E-state index contributed by atoms with van der Waals surface area (Å²) in [6.07, 6.45) is 5.28. The molecule has 0 fully saturated rings. The molecule has 0 saturated heterocycles. The van der Waals surface area contributed by atoms with Crippen LogP contribution >= 0.6 is 34.8 Å². The molecule has 160 valence electrons. The molecule has 0 spiro atoms. The smallest absolute Gasteiger partial charge is 0.252 e. The number of carbonyl (C=O) groups is 2. The zero-order chi connectivity index (χ0) is 22.9. The number of hydrogen-bond acceptors (Lipinski definition) is 2. The maximum absolute atomic E-state index is 11.8. The molecule has 0 aliphatic heterocycles. The van der Waals surface area contributed by atoms with Crippen molar-refractivity contribution in [3.8, 4) is 12.3 Å². The van der Waals surface area contributed by atoms with Gasteiger partial charge >= 0.3 is 0 Å². The summed E-state index contributed by atoms with van der Waals surface area (Å²) in [5.41, 5.74) is 0.584. The Balaban J connectivity index is 0.000000303. The van der Waals surface area contributed by atoms with E-state index in [1.807, 2.05) is 44.2 Å². The molecule has 0 aliphatic rings. The molecule has 0 bridgehead atoms. The van der Waals surface area contributed by atoms with Gasteiger partial charge in [0.1, 0.15) is 5.88 Å². The number of amides is 2. The average Bonchev–Trinajstić information content (AvgIpc) is 2.68. The van der Waals surface area contributed by atoms with E-state index in [-0.39, 0.29) is 23.7 Å². The summed E-state index contributed by atoms with van der Waals surface area (Å²) >= 11 is 17.1. The lowest BCUT2D eigenvalue weighted by atomic mass is 10.1. The zero-order valence-electron chi connectivity index (χ0n) is 17.4. The molecular weight excluding hydrogens is 443 g/mol. The number of halogens is 3. The van der Waals surface area contributed by atoms with Gasteiger partial charge in [0.2, 0.25) is 5.91 Å².